The Morgan fingerprint density at radius 2 is 1.69 bits per heavy atom. The molecule has 36 heavy (non-hydrogen) atoms. The van der Waals surface area contributed by atoms with E-state index in [9.17, 15) is 0 Å². The monoisotopic (exact) mass is 503 g/mol. The summed E-state index contributed by atoms with van der Waals surface area (Å²) in [7, 11) is 0. The topological polar surface area (TPSA) is 71.3 Å². The fourth-order valence-electron chi connectivity index (χ4n) is 4.88. The van der Waals surface area contributed by atoms with E-state index < -0.39 is 0 Å². The maximum atomic E-state index is 6.08. The fourth-order valence-corrected chi connectivity index (χ4v) is 5.01. The number of morpholine rings is 1. The van der Waals surface area contributed by atoms with Gasteiger partial charge in [-0.3, -0.25) is 0 Å². The Balaban J connectivity index is 1.33. The van der Waals surface area contributed by atoms with Crippen molar-refractivity contribution in [3.8, 4) is 11.3 Å². The van der Waals surface area contributed by atoms with Gasteiger partial charge >= 0.3 is 0 Å². The molecule has 0 spiro atoms. The first-order chi connectivity index (χ1) is 17.7. The number of likely N-dealkylation sites (tertiary alicyclic amines) is 1. The lowest BCUT2D eigenvalue weighted by atomic mass is 10.1. The number of hydrogen-bond donors (Lipinski definition) is 1. The summed E-state index contributed by atoms with van der Waals surface area (Å²) in [6, 6.07) is 16.0. The summed E-state index contributed by atoms with van der Waals surface area (Å²) in [5.74, 6) is 1.45. The highest BCUT2D eigenvalue weighted by Crippen LogP contribution is 2.28. The van der Waals surface area contributed by atoms with Crippen molar-refractivity contribution in [2.45, 2.75) is 19.4 Å². The second-order valence-corrected chi connectivity index (χ2v) is 9.80. The van der Waals surface area contributed by atoms with E-state index in [-0.39, 0.29) is 0 Å². The molecule has 0 saturated carbocycles. The number of hydrogen-bond acceptors (Lipinski definition) is 7. The van der Waals surface area contributed by atoms with Crippen LogP contribution in [0.1, 0.15) is 12.8 Å². The molecule has 4 heterocycles. The minimum absolute atomic E-state index is 0.676. The molecule has 2 aliphatic heterocycles. The first-order valence-corrected chi connectivity index (χ1v) is 13.0. The van der Waals surface area contributed by atoms with Crippen molar-refractivity contribution in [1.82, 2.24) is 24.4 Å². The van der Waals surface area contributed by atoms with Crippen LogP contribution in [0.15, 0.2) is 54.9 Å². The minimum Gasteiger partial charge on any atom is -0.378 e. The van der Waals surface area contributed by atoms with E-state index in [0.717, 1.165) is 60.0 Å². The summed E-state index contributed by atoms with van der Waals surface area (Å²) in [5, 5.41) is 4.13. The van der Waals surface area contributed by atoms with Crippen LogP contribution in [-0.4, -0.2) is 70.4 Å². The number of nitrogens with one attached hydrogen (secondary N) is 1. The zero-order chi connectivity index (χ0) is 24.3. The maximum Gasteiger partial charge on any atom is 0.228 e. The Kier molecular flexibility index (Phi) is 6.72. The van der Waals surface area contributed by atoms with Gasteiger partial charge in [-0.1, -0.05) is 17.7 Å². The van der Waals surface area contributed by atoms with Crippen LogP contribution in [0.25, 0.3) is 22.3 Å². The van der Waals surface area contributed by atoms with Gasteiger partial charge in [0.05, 0.1) is 36.3 Å². The average molecular weight is 504 g/mol. The summed E-state index contributed by atoms with van der Waals surface area (Å²) >= 11 is 6.08. The van der Waals surface area contributed by atoms with Gasteiger partial charge in [0.25, 0.3) is 0 Å². The van der Waals surface area contributed by atoms with E-state index >= 15 is 0 Å². The number of rotatable bonds is 7. The van der Waals surface area contributed by atoms with Crippen LogP contribution in [-0.2, 0) is 11.3 Å². The molecule has 2 saturated heterocycles. The highest BCUT2D eigenvalue weighted by molar-refractivity contribution is 6.30. The van der Waals surface area contributed by atoms with Crippen LogP contribution in [0, 0.1) is 0 Å². The molecule has 0 radical (unpaired) electrons. The SMILES string of the molecule is Clc1ccc(Nc2cc(-c3ccc4ncn(CCN5CCCC5)c4c3)nc(N3CCOCC3)n2)cc1. The third kappa shape index (κ3) is 5.16. The molecule has 2 aromatic heterocycles. The molecule has 0 bridgehead atoms. The Labute approximate surface area is 215 Å². The first kappa shape index (κ1) is 23.2. The van der Waals surface area contributed by atoms with Crippen molar-refractivity contribution in [2.24, 2.45) is 0 Å². The zero-order valence-electron chi connectivity index (χ0n) is 20.2. The third-order valence-corrected chi connectivity index (χ3v) is 7.15. The highest BCUT2D eigenvalue weighted by Gasteiger charge is 2.18. The highest BCUT2D eigenvalue weighted by atomic mass is 35.5. The molecule has 0 unspecified atom stereocenters. The van der Waals surface area contributed by atoms with Crippen LogP contribution in [0.4, 0.5) is 17.5 Å². The quantitative estimate of drug-likeness (QED) is 0.387. The van der Waals surface area contributed by atoms with Crippen LogP contribution in [0.3, 0.4) is 0 Å². The van der Waals surface area contributed by atoms with Crippen LogP contribution < -0.4 is 10.2 Å². The van der Waals surface area contributed by atoms with Gasteiger partial charge in [0.2, 0.25) is 5.95 Å². The van der Waals surface area contributed by atoms with E-state index in [1.165, 1.54) is 25.9 Å². The van der Waals surface area contributed by atoms with Crippen LogP contribution in [0.2, 0.25) is 5.02 Å². The number of benzene rings is 2. The van der Waals surface area contributed by atoms with E-state index in [1.807, 2.05) is 36.7 Å². The molecule has 8 nitrogen and oxygen atoms in total. The number of aromatic nitrogens is 4. The van der Waals surface area contributed by atoms with Crippen molar-refractivity contribution in [3.05, 3.63) is 59.9 Å². The number of imidazole rings is 1. The van der Waals surface area contributed by atoms with Gasteiger partial charge in [-0.15, -0.1) is 0 Å². The molecule has 4 aromatic rings. The summed E-state index contributed by atoms with van der Waals surface area (Å²) in [5.41, 5.74) is 4.97. The number of ether oxygens (including phenoxy) is 1. The van der Waals surface area contributed by atoms with Gasteiger partial charge in [0, 0.05) is 48.5 Å². The Morgan fingerprint density at radius 1 is 0.889 bits per heavy atom. The van der Waals surface area contributed by atoms with Crippen molar-refractivity contribution in [3.63, 3.8) is 0 Å². The predicted molar refractivity (Wildman–Crippen MR) is 144 cm³/mol. The van der Waals surface area contributed by atoms with Gasteiger partial charge < -0.3 is 24.4 Å². The number of halogens is 1. The maximum absolute atomic E-state index is 6.08. The molecule has 9 heteroatoms. The van der Waals surface area contributed by atoms with Gasteiger partial charge in [0.1, 0.15) is 5.82 Å². The van der Waals surface area contributed by atoms with Crippen molar-refractivity contribution in [1.29, 1.82) is 0 Å². The Hall–Kier alpha value is -3.20. The van der Waals surface area contributed by atoms with E-state index in [0.29, 0.717) is 24.2 Å². The molecule has 186 valence electrons. The summed E-state index contributed by atoms with van der Waals surface area (Å²) in [6.45, 7) is 7.29. The third-order valence-electron chi connectivity index (χ3n) is 6.90. The second kappa shape index (κ2) is 10.4. The normalized spacial score (nSPS) is 16.6. The van der Waals surface area contributed by atoms with Gasteiger partial charge in [-0.25, -0.2) is 9.97 Å². The fraction of sp³-hybridized carbons (Fsp3) is 0.370. The van der Waals surface area contributed by atoms with Gasteiger partial charge in [-0.2, -0.15) is 4.98 Å². The largest absolute Gasteiger partial charge is 0.378 e. The summed E-state index contributed by atoms with van der Waals surface area (Å²) in [6.07, 6.45) is 4.57. The number of nitrogens with zero attached hydrogens (tertiary/aromatic N) is 6. The summed E-state index contributed by atoms with van der Waals surface area (Å²) < 4.78 is 7.81. The predicted octanol–water partition coefficient (Wildman–Crippen LogP) is 4.82. The van der Waals surface area contributed by atoms with Crippen molar-refractivity contribution < 1.29 is 4.74 Å². The van der Waals surface area contributed by atoms with E-state index in [4.69, 9.17) is 26.3 Å². The summed E-state index contributed by atoms with van der Waals surface area (Å²) in [4.78, 5) is 19.2. The van der Waals surface area contributed by atoms with Crippen molar-refractivity contribution in [2.75, 3.05) is 56.2 Å². The van der Waals surface area contributed by atoms with Crippen LogP contribution >= 0.6 is 11.6 Å². The molecule has 1 N–H and O–H groups in total. The van der Waals surface area contributed by atoms with Crippen LogP contribution in [0.5, 0.6) is 0 Å². The molecule has 2 aromatic carbocycles. The zero-order valence-corrected chi connectivity index (χ0v) is 21.0. The molecular weight excluding hydrogens is 474 g/mol. The lowest BCUT2D eigenvalue weighted by Gasteiger charge is -2.27. The smallest absolute Gasteiger partial charge is 0.228 e. The Morgan fingerprint density at radius 3 is 2.50 bits per heavy atom. The number of fused-ring (bicyclic) bond motifs is 1. The molecule has 0 amide bonds. The van der Waals surface area contributed by atoms with Crippen molar-refractivity contribution >= 4 is 40.1 Å². The first-order valence-electron chi connectivity index (χ1n) is 12.6. The second-order valence-electron chi connectivity index (χ2n) is 9.36. The number of anilines is 3. The van der Waals surface area contributed by atoms with E-state index in [2.05, 4.69) is 42.9 Å². The molecule has 0 atom stereocenters. The minimum atomic E-state index is 0.676. The molecule has 0 aliphatic carbocycles. The van der Waals surface area contributed by atoms with Gasteiger partial charge in [-0.05, 0) is 62.3 Å². The lowest BCUT2D eigenvalue weighted by Crippen LogP contribution is -2.37. The van der Waals surface area contributed by atoms with E-state index in [1.54, 1.807) is 0 Å². The molecular formula is C27H30ClN7O. The Bertz CT molecular complexity index is 1330. The lowest BCUT2D eigenvalue weighted by molar-refractivity contribution is 0.122. The molecule has 2 aliphatic rings. The molecule has 6 rings (SSSR count). The van der Waals surface area contributed by atoms with Gasteiger partial charge in [0.15, 0.2) is 0 Å². The average Bonchev–Trinajstić information content (AvgIpc) is 3.59. The molecule has 2 fully saturated rings. The standard InChI is InChI=1S/C27H30ClN7O/c28-21-4-6-22(7-5-21)30-26-18-24(31-27(32-26)34-13-15-36-16-14-34)20-3-8-23-25(17-20)35(19-29-23)12-11-33-9-1-2-10-33/h3-8,17-19H,1-2,9-16H2,(H,30,31,32).